The normalized spacial score (nSPS) is 21.1. The van der Waals surface area contributed by atoms with Gasteiger partial charge in [-0.3, -0.25) is 9.69 Å². The van der Waals surface area contributed by atoms with Gasteiger partial charge in [0.05, 0.1) is 29.6 Å². The molecule has 0 spiro atoms. The van der Waals surface area contributed by atoms with Crippen LogP contribution in [0, 0.1) is 5.41 Å². The standard InChI is InChI=1S/C18H25N3O3/c1-13(22)15-10-19-21-11-14(4-5-16(15)21)24-9-8-20-7-6-17(23)18(2,3)12-20/h4-5,10-11,17,23H,6-9,12H2,1-3H3. The van der Waals surface area contributed by atoms with Gasteiger partial charge in [-0.2, -0.15) is 5.10 Å². The van der Waals surface area contributed by atoms with Crippen LogP contribution in [0.4, 0.5) is 0 Å². The molecule has 2 aromatic heterocycles. The molecule has 0 aromatic carbocycles. The number of nitrogens with zero attached hydrogens (tertiary/aromatic N) is 3. The van der Waals surface area contributed by atoms with E-state index in [1.54, 1.807) is 23.8 Å². The van der Waals surface area contributed by atoms with Crippen molar-refractivity contribution < 1.29 is 14.6 Å². The van der Waals surface area contributed by atoms with E-state index in [0.29, 0.717) is 12.2 Å². The number of fused-ring (bicyclic) bond motifs is 1. The fraction of sp³-hybridized carbons (Fsp3) is 0.556. The molecule has 130 valence electrons. The van der Waals surface area contributed by atoms with Gasteiger partial charge in [0.25, 0.3) is 0 Å². The van der Waals surface area contributed by atoms with Crippen LogP contribution in [0.2, 0.25) is 0 Å². The zero-order chi connectivity index (χ0) is 17.3. The van der Waals surface area contributed by atoms with Gasteiger partial charge in [-0.1, -0.05) is 13.8 Å². The van der Waals surface area contributed by atoms with Crippen LogP contribution in [0.3, 0.4) is 0 Å². The van der Waals surface area contributed by atoms with Gasteiger partial charge >= 0.3 is 0 Å². The van der Waals surface area contributed by atoms with Crippen LogP contribution >= 0.6 is 0 Å². The summed E-state index contributed by atoms with van der Waals surface area (Å²) in [6.07, 6.45) is 3.96. The van der Waals surface area contributed by atoms with E-state index < -0.39 is 0 Å². The van der Waals surface area contributed by atoms with Gasteiger partial charge in [-0.05, 0) is 25.5 Å². The molecule has 0 aliphatic carbocycles. The molecule has 0 radical (unpaired) electrons. The van der Waals surface area contributed by atoms with Gasteiger partial charge in [0.1, 0.15) is 12.4 Å². The fourth-order valence-electron chi connectivity index (χ4n) is 3.26. The van der Waals surface area contributed by atoms with E-state index >= 15 is 0 Å². The molecule has 24 heavy (non-hydrogen) atoms. The zero-order valence-electron chi connectivity index (χ0n) is 14.5. The molecular formula is C18H25N3O3. The SMILES string of the molecule is CC(=O)c1cnn2cc(OCCN3CCC(O)C(C)(C)C3)ccc12. The van der Waals surface area contributed by atoms with Gasteiger partial charge in [-0.25, -0.2) is 4.52 Å². The van der Waals surface area contributed by atoms with Crippen molar-refractivity contribution in [3.8, 4) is 5.75 Å². The summed E-state index contributed by atoms with van der Waals surface area (Å²) < 4.78 is 7.50. The Labute approximate surface area is 142 Å². The molecule has 0 saturated carbocycles. The van der Waals surface area contributed by atoms with E-state index in [2.05, 4.69) is 23.8 Å². The van der Waals surface area contributed by atoms with Crippen molar-refractivity contribution in [2.24, 2.45) is 5.41 Å². The van der Waals surface area contributed by atoms with E-state index in [-0.39, 0.29) is 17.3 Å². The Morgan fingerprint density at radius 2 is 2.25 bits per heavy atom. The predicted octanol–water partition coefficient (Wildman–Crippen LogP) is 2.01. The quantitative estimate of drug-likeness (QED) is 0.849. The van der Waals surface area contributed by atoms with Gasteiger partial charge in [-0.15, -0.1) is 0 Å². The number of likely N-dealkylation sites (tertiary alicyclic amines) is 1. The third kappa shape index (κ3) is 3.44. The third-order valence-electron chi connectivity index (χ3n) is 4.80. The van der Waals surface area contributed by atoms with Crippen LogP contribution < -0.4 is 4.74 Å². The van der Waals surface area contributed by atoms with Crippen molar-refractivity contribution in [2.45, 2.75) is 33.3 Å². The topological polar surface area (TPSA) is 67.1 Å². The lowest BCUT2D eigenvalue weighted by atomic mass is 9.81. The van der Waals surface area contributed by atoms with E-state index in [0.717, 1.165) is 37.3 Å². The summed E-state index contributed by atoms with van der Waals surface area (Å²) in [5, 5.41) is 14.2. The molecule has 1 N–H and O–H groups in total. The number of ether oxygens (including phenoxy) is 1. The number of hydrogen-bond acceptors (Lipinski definition) is 5. The van der Waals surface area contributed by atoms with Crippen molar-refractivity contribution in [3.05, 3.63) is 30.1 Å². The molecule has 1 aliphatic rings. The van der Waals surface area contributed by atoms with Crippen LogP contribution in [-0.2, 0) is 0 Å². The number of rotatable bonds is 5. The molecular weight excluding hydrogens is 306 g/mol. The van der Waals surface area contributed by atoms with Crippen molar-refractivity contribution >= 4 is 11.3 Å². The Morgan fingerprint density at radius 3 is 2.96 bits per heavy atom. The van der Waals surface area contributed by atoms with Crippen molar-refractivity contribution in [1.82, 2.24) is 14.5 Å². The summed E-state index contributed by atoms with van der Waals surface area (Å²) >= 11 is 0. The molecule has 3 rings (SSSR count). The number of carbonyl (C=O) groups excluding carboxylic acids is 1. The number of ketones is 1. The third-order valence-corrected chi connectivity index (χ3v) is 4.80. The first-order valence-electron chi connectivity index (χ1n) is 8.38. The maximum absolute atomic E-state index is 11.5. The second kappa shape index (κ2) is 6.53. The molecule has 6 heteroatoms. The maximum Gasteiger partial charge on any atom is 0.163 e. The van der Waals surface area contributed by atoms with E-state index in [1.165, 1.54) is 0 Å². The molecule has 3 heterocycles. The second-order valence-electron chi connectivity index (χ2n) is 7.23. The number of aliphatic hydroxyl groups excluding tert-OH is 1. The summed E-state index contributed by atoms with van der Waals surface area (Å²) in [5.74, 6) is 0.741. The fourth-order valence-corrected chi connectivity index (χ4v) is 3.26. The summed E-state index contributed by atoms with van der Waals surface area (Å²) in [7, 11) is 0. The minimum atomic E-state index is -0.229. The second-order valence-corrected chi connectivity index (χ2v) is 7.23. The van der Waals surface area contributed by atoms with E-state index in [1.807, 2.05) is 12.1 Å². The summed E-state index contributed by atoms with van der Waals surface area (Å²) in [6.45, 7) is 8.92. The van der Waals surface area contributed by atoms with Gasteiger partial charge in [0.2, 0.25) is 0 Å². The highest BCUT2D eigenvalue weighted by atomic mass is 16.5. The highest BCUT2D eigenvalue weighted by molar-refractivity contribution is 6.00. The van der Waals surface area contributed by atoms with Crippen molar-refractivity contribution in [2.75, 3.05) is 26.2 Å². The average Bonchev–Trinajstić information content (AvgIpc) is 2.94. The number of aromatic nitrogens is 2. The average molecular weight is 331 g/mol. The molecule has 1 fully saturated rings. The highest BCUT2D eigenvalue weighted by Crippen LogP contribution is 2.28. The lowest BCUT2D eigenvalue weighted by molar-refractivity contribution is -0.0271. The molecule has 1 saturated heterocycles. The van der Waals surface area contributed by atoms with Crippen LogP contribution in [0.15, 0.2) is 24.5 Å². The van der Waals surface area contributed by atoms with Crippen LogP contribution in [0.1, 0.15) is 37.6 Å². The minimum absolute atomic E-state index is 0.00793. The van der Waals surface area contributed by atoms with Crippen molar-refractivity contribution in [1.29, 1.82) is 0 Å². The van der Waals surface area contributed by atoms with Crippen LogP contribution in [0.5, 0.6) is 5.75 Å². The van der Waals surface area contributed by atoms with Crippen LogP contribution in [0.25, 0.3) is 5.52 Å². The summed E-state index contributed by atoms with van der Waals surface area (Å²) in [5.41, 5.74) is 1.34. The van der Waals surface area contributed by atoms with Gasteiger partial charge in [0, 0.05) is 25.0 Å². The number of pyridine rings is 1. The number of Topliss-reactive ketones (excluding diaryl/α,β-unsaturated/α-hetero) is 1. The minimum Gasteiger partial charge on any atom is -0.491 e. The number of aliphatic hydroxyl groups is 1. The lowest BCUT2D eigenvalue weighted by Gasteiger charge is -2.41. The lowest BCUT2D eigenvalue weighted by Crippen LogP contribution is -2.49. The Hall–Kier alpha value is -1.92. The van der Waals surface area contributed by atoms with Crippen molar-refractivity contribution in [3.63, 3.8) is 0 Å². The number of hydrogen-bond donors (Lipinski definition) is 1. The molecule has 1 unspecified atom stereocenters. The summed E-state index contributed by atoms with van der Waals surface area (Å²) in [4.78, 5) is 13.8. The molecule has 2 aromatic rings. The Bertz CT molecular complexity index is 738. The Morgan fingerprint density at radius 1 is 1.46 bits per heavy atom. The molecule has 6 nitrogen and oxygen atoms in total. The maximum atomic E-state index is 11.5. The monoisotopic (exact) mass is 331 g/mol. The number of carbonyl (C=O) groups is 1. The Kier molecular flexibility index (Phi) is 4.60. The number of piperidine rings is 1. The molecule has 0 amide bonds. The van der Waals surface area contributed by atoms with E-state index in [4.69, 9.17) is 4.74 Å². The van der Waals surface area contributed by atoms with Gasteiger partial charge < -0.3 is 9.84 Å². The van der Waals surface area contributed by atoms with Gasteiger partial charge in [0.15, 0.2) is 5.78 Å². The molecule has 0 bridgehead atoms. The van der Waals surface area contributed by atoms with Crippen LogP contribution in [-0.4, -0.2) is 57.7 Å². The largest absolute Gasteiger partial charge is 0.491 e. The molecule has 1 atom stereocenters. The first-order chi connectivity index (χ1) is 11.4. The van der Waals surface area contributed by atoms with E-state index in [9.17, 15) is 9.90 Å². The first-order valence-corrected chi connectivity index (χ1v) is 8.38. The smallest absolute Gasteiger partial charge is 0.163 e. The summed E-state index contributed by atoms with van der Waals surface area (Å²) in [6, 6.07) is 3.73. The Balaban J connectivity index is 1.57. The molecule has 1 aliphatic heterocycles. The zero-order valence-corrected chi connectivity index (χ0v) is 14.5. The highest BCUT2D eigenvalue weighted by Gasteiger charge is 2.34. The predicted molar refractivity (Wildman–Crippen MR) is 91.5 cm³/mol. The first kappa shape index (κ1) is 16.9.